The molecule has 3 aromatic rings. The highest BCUT2D eigenvalue weighted by Gasteiger charge is 2.27. The molecule has 0 unspecified atom stereocenters. The molecule has 160 valence electrons. The summed E-state index contributed by atoms with van der Waals surface area (Å²) in [5.74, 6) is -0.251. The maximum Gasteiger partial charge on any atom is 0.267 e. The molecular formula is C23H23N3O3S2. The van der Waals surface area contributed by atoms with Crippen LogP contribution in [0.25, 0.3) is 15.9 Å². The Labute approximate surface area is 188 Å². The van der Waals surface area contributed by atoms with Crippen LogP contribution in [0.2, 0.25) is 0 Å². The van der Waals surface area contributed by atoms with Crippen LogP contribution in [0.5, 0.6) is 0 Å². The molecule has 0 atom stereocenters. The third-order valence-electron chi connectivity index (χ3n) is 5.95. The molecule has 31 heavy (non-hydrogen) atoms. The van der Waals surface area contributed by atoms with Gasteiger partial charge in [0, 0.05) is 17.8 Å². The van der Waals surface area contributed by atoms with Crippen LogP contribution in [0.3, 0.4) is 0 Å². The smallest absolute Gasteiger partial charge is 0.267 e. The number of amides is 2. The zero-order valence-electron chi connectivity index (χ0n) is 17.3. The Kier molecular flexibility index (Phi) is 5.44. The van der Waals surface area contributed by atoms with Crippen molar-refractivity contribution in [2.45, 2.75) is 50.6 Å². The Morgan fingerprint density at radius 2 is 1.87 bits per heavy atom. The molecule has 1 aliphatic carbocycles. The molecule has 0 spiro atoms. The fourth-order valence-corrected chi connectivity index (χ4v) is 6.51. The van der Waals surface area contributed by atoms with Crippen LogP contribution in [-0.2, 0) is 22.4 Å². The van der Waals surface area contributed by atoms with E-state index in [2.05, 4.69) is 0 Å². The fraction of sp³-hybridized carbons (Fsp3) is 0.391. The molecule has 2 aliphatic rings. The lowest BCUT2D eigenvalue weighted by molar-refractivity contribution is -0.140. The summed E-state index contributed by atoms with van der Waals surface area (Å²) < 4.78 is 1.63. The first-order chi connectivity index (χ1) is 15.0. The van der Waals surface area contributed by atoms with Crippen LogP contribution in [0.15, 0.2) is 34.2 Å². The molecule has 1 fully saturated rings. The third-order valence-corrected chi connectivity index (χ3v) is 8.06. The van der Waals surface area contributed by atoms with Gasteiger partial charge in [-0.05, 0) is 56.7 Å². The molecule has 1 aliphatic heterocycles. The van der Waals surface area contributed by atoms with Crippen molar-refractivity contribution in [1.82, 2.24) is 14.5 Å². The first kappa shape index (κ1) is 20.5. The Morgan fingerprint density at radius 1 is 1.10 bits per heavy atom. The van der Waals surface area contributed by atoms with Gasteiger partial charge in [-0.15, -0.1) is 11.3 Å². The van der Waals surface area contributed by atoms with E-state index in [4.69, 9.17) is 4.98 Å². The minimum absolute atomic E-state index is 0.0690. The van der Waals surface area contributed by atoms with E-state index in [-0.39, 0.29) is 23.1 Å². The molecule has 0 saturated carbocycles. The summed E-state index contributed by atoms with van der Waals surface area (Å²) in [6.07, 6.45) is 5.30. The van der Waals surface area contributed by atoms with Gasteiger partial charge < -0.3 is 0 Å². The number of carbonyl (C=O) groups excluding carboxylic acids is 2. The number of hydrogen-bond donors (Lipinski definition) is 0. The van der Waals surface area contributed by atoms with E-state index in [9.17, 15) is 14.4 Å². The number of thiophene rings is 1. The van der Waals surface area contributed by atoms with Gasteiger partial charge in [-0.2, -0.15) is 0 Å². The second-order valence-electron chi connectivity index (χ2n) is 8.09. The van der Waals surface area contributed by atoms with Gasteiger partial charge in [-0.25, -0.2) is 4.98 Å². The summed E-state index contributed by atoms with van der Waals surface area (Å²) in [7, 11) is 0. The van der Waals surface area contributed by atoms with Crippen molar-refractivity contribution >= 4 is 45.1 Å². The first-order valence-electron chi connectivity index (χ1n) is 10.6. The average molecular weight is 454 g/mol. The van der Waals surface area contributed by atoms with Crippen LogP contribution in [-0.4, -0.2) is 38.6 Å². The summed E-state index contributed by atoms with van der Waals surface area (Å²) >= 11 is 2.84. The van der Waals surface area contributed by atoms with Gasteiger partial charge in [0.15, 0.2) is 5.16 Å². The summed E-state index contributed by atoms with van der Waals surface area (Å²) in [4.78, 5) is 46.4. The maximum absolute atomic E-state index is 13.7. The number of carbonyl (C=O) groups is 2. The van der Waals surface area contributed by atoms with E-state index in [0.29, 0.717) is 24.5 Å². The van der Waals surface area contributed by atoms with Gasteiger partial charge in [0.05, 0.1) is 16.8 Å². The van der Waals surface area contributed by atoms with Crippen molar-refractivity contribution in [3.8, 4) is 5.69 Å². The zero-order chi connectivity index (χ0) is 21.5. The number of thioether (sulfide) groups is 1. The molecule has 1 aromatic carbocycles. The maximum atomic E-state index is 13.7. The monoisotopic (exact) mass is 453 g/mol. The number of hydrogen-bond acceptors (Lipinski definition) is 6. The minimum Gasteiger partial charge on any atom is -0.282 e. The van der Waals surface area contributed by atoms with Crippen molar-refractivity contribution in [1.29, 1.82) is 0 Å². The summed E-state index contributed by atoms with van der Waals surface area (Å²) in [5, 5.41) is 1.23. The van der Waals surface area contributed by atoms with Gasteiger partial charge in [-0.1, -0.05) is 29.5 Å². The van der Waals surface area contributed by atoms with Crippen LogP contribution in [0, 0.1) is 6.92 Å². The molecule has 1 saturated heterocycles. The van der Waals surface area contributed by atoms with Crippen LogP contribution in [0.1, 0.15) is 41.7 Å². The Morgan fingerprint density at radius 3 is 2.61 bits per heavy atom. The first-order valence-corrected chi connectivity index (χ1v) is 12.4. The van der Waals surface area contributed by atoms with E-state index >= 15 is 0 Å². The normalized spacial score (nSPS) is 16.2. The number of benzene rings is 1. The Balaban J connectivity index is 1.59. The van der Waals surface area contributed by atoms with Crippen molar-refractivity contribution in [3.05, 3.63) is 50.6 Å². The minimum atomic E-state index is -0.220. The molecule has 0 bridgehead atoms. The predicted octanol–water partition coefficient (Wildman–Crippen LogP) is 3.88. The molecular weight excluding hydrogens is 430 g/mol. The van der Waals surface area contributed by atoms with Crippen molar-refractivity contribution < 1.29 is 9.59 Å². The molecule has 6 nitrogen and oxygen atoms in total. The molecule has 8 heteroatoms. The number of rotatable bonds is 4. The quantitative estimate of drug-likeness (QED) is 0.443. The van der Waals surface area contributed by atoms with Gasteiger partial charge in [-0.3, -0.25) is 23.9 Å². The van der Waals surface area contributed by atoms with Gasteiger partial charge >= 0.3 is 0 Å². The molecule has 2 amide bonds. The van der Waals surface area contributed by atoms with Gasteiger partial charge in [0.2, 0.25) is 11.8 Å². The number of fused-ring (bicyclic) bond motifs is 3. The summed E-state index contributed by atoms with van der Waals surface area (Å²) in [5.41, 5.74) is 2.93. The van der Waals surface area contributed by atoms with Gasteiger partial charge in [0.25, 0.3) is 5.56 Å². The highest BCUT2D eigenvalue weighted by molar-refractivity contribution is 7.99. The van der Waals surface area contributed by atoms with Crippen molar-refractivity contribution in [3.63, 3.8) is 0 Å². The van der Waals surface area contributed by atoms with Crippen LogP contribution in [0.4, 0.5) is 0 Å². The SMILES string of the molecule is Cc1ccc(-n2c(SCC(=O)N3CCCC3=O)nc3sc4c(c3c2=O)CCCC4)cc1. The molecule has 2 aromatic heterocycles. The van der Waals surface area contributed by atoms with E-state index in [1.165, 1.54) is 21.5 Å². The second kappa shape index (κ2) is 8.24. The molecule has 0 radical (unpaired) electrons. The van der Waals surface area contributed by atoms with Crippen LogP contribution >= 0.6 is 23.1 Å². The predicted molar refractivity (Wildman–Crippen MR) is 123 cm³/mol. The lowest BCUT2D eigenvalue weighted by Gasteiger charge is -2.15. The summed E-state index contributed by atoms with van der Waals surface area (Å²) in [6, 6.07) is 7.77. The number of aryl methyl sites for hydroxylation is 3. The average Bonchev–Trinajstić information content (AvgIpc) is 3.36. The molecule has 3 heterocycles. The third kappa shape index (κ3) is 3.72. The van der Waals surface area contributed by atoms with E-state index < -0.39 is 0 Å². The molecule has 5 rings (SSSR count). The van der Waals surface area contributed by atoms with Gasteiger partial charge in [0.1, 0.15) is 4.83 Å². The highest BCUT2D eigenvalue weighted by atomic mass is 32.2. The Hall–Kier alpha value is -2.45. The zero-order valence-corrected chi connectivity index (χ0v) is 19.0. The Bertz CT molecular complexity index is 1240. The highest BCUT2D eigenvalue weighted by Crippen LogP contribution is 2.35. The van der Waals surface area contributed by atoms with Crippen LogP contribution < -0.4 is 5.56 Å². The lowest BCUT2D eigenvalue weighted by Crippen LogP contribution is -2.33. The largest absolute Gasteiger partial charge is 0.282 e. The van der Waals surface area contributed by atoms with E-state index in [1.807, 2.05) is 31.2 Å². The van der Waals surface area contributed by atoms with E-state index in [0.717, 1.165) is 52.7 Å². The lowest BCUT2D eigenvalue weighted by atomic mass is 9.97. The number of aromatic nitrogens is 2. The standard InChI is InChI=1S/C23H23N3O3S2/c1-14-8-10-15(11-9-14)26-22(29)20-16-5-2-3-6-17(16)31-21(20)24-23(26)30-13-19(28)25-12-4-7-18(25)27/h8-11H,2-7,12-13H2,1H3. The van der Waals surface area contributed by atoms with Crippen molar-refractivity contribution in [2.75, 3.05) is 12.3 Å². The van der Waals surface area contributed by atoms with E-state index in [1.54, 1.807) is 15.9 Å². The van der Waals surface area contributed by atoms with Crippen molar-refractivity contribution in [2.24, 2.45) is 0 Å². The number of imide groups is 1. The second-order valence-corrected chi connectivity index (χ2v) is 10.1. The topological polar surface area (TPSA) is 72.3 Å². The number of nitrogens with zero attached hydrogens (tertiary/aromatic N) is 3. The fourth-order valence-electron chi connectivity index (χ4n) is 4.32. The number of likely N-dealkylation sites (tertiary alicyclic amines) is 1. The summed E-state index contributed by atoms with van der Waals surface area (Å²) in [6.45, 7) is 2.48. The molecule has 0 N–H and O–H groups in total.